The van der Waals surface area contributed by atoms with Crippen molar-refractivity contribution < 1.29 is 0 Å². The first-order valence-electron chi connectivity index (χ1n) is 2.37. The summed E-state index contributed by atoms with van der Waals surface area (Å²) in [6.45, 7) is 2.11. The first-order chi connectivity index (χ1) is 3.27. The van der Waals surface area contributed by atoms with Gasteiger partial charge in [0.1, 0.15) is 0 Å². The van der Waals surface area contributed by atoms with Crippen LogP contribution in [0.1, 0.15) is 19.8 Å². The zero-order chi connectivity index (χ0) is 5.70. The molecule has 0 radical (unpaired) electrons. The van der Waals surface area contributed by atoms with Gasteiger partial charge >= 0.3 is 0 Å². The highest BCUT2D eigenvalue weighted by atomic mass is 32.8. The Morgan fingerprint density at radius 3 is 2.43 bits per heavy atom. The van der Waals surface area contributed by atoms with Crippen LogP contribution in [-0.2, 0) is 20.4 Å². The lowest BCUT2D eigenvalue weighted by atomic mass is 10.4. The highest BCUT2D eigenvalue weighted by molar-refractivity contribution is 8.22. The van der Waals surface area contributed by atoms with Crippen molar-refractivity contribution in [3.8, 4) is 0 Å². The van der Waals surface area contributed by atoms with E-state index in [4.69, 9.17) is 4.78 Å². The number of hydrogen-bond acceptors (Lipinski definition) is 3. The molecule has 0 saturated heterocycles. The molecule has 0 amide bonds. The highest BCUT2D eigenvalue weighted by Crippen LogP contribution is 1.84. The zero-order valence-corrected chi connectivity index (χ0v) is 6.07. The Bertz CT molecular complexity index is 87.9. The van der Waals surface area contributed by atoms with Gasteiger partial charge in [0.05, 0.1) is 0 Å². The van der Waals surface area contributed by atoms with E-state index in [-0.39, 0.29) is 0 Å². The maximum atomic E-state index is 6.92. The summed E-state index contributed by atoms with van der Waals surface area (Å²) >= 11 is 4.64. The maximum Gasteiger partial charge on any atom is -0.0578 e. The molecule has 0 fully saturated rings. The molecule has 0 aliphatic heterocycles. The van der Waals surface area contributed by atoms with Crippen molar-refractivity contribution in [2.75, 3.05) is 5.75 Å². The van der Waals surface area contributed by atoms with E-state index < -0.39 is 9.25 Å². The summed E-state index contributed by atoms with van der Waals surface area (Å²) in [5, 5.41) is 0. The first-order valence-corrected chi connectivity index (χ1v) is 4.69. The minimum atomic E-state index is -0.482. The van der Waals surface area contributed by atoms with Crippen molar-refractivity contribution in [3.05, 3.63) is 0 Å². The molecule has 0 saturated carbocycles. The molecule has 0 aromatic rings. The summed E-state index contributed by atoms with van der Waals surface area (Å²) in [4.78, 5) is 0. The minimum Gasteiger partial charge on any atom is -0.441 e. The molecule has 0 aromatic heterocycles. The third-order valence-corrected chi connectivity index (χ3v) is 1.84. The normalized spacial score (nSPS) is 10.0. The SMILES string of the molecule is CCCC[S-](=N)=S. The van der Waals surface area contributed by atoms with Gasteiger partial charge in [-0.2, -0.15) is 0 Å². The predicted molar refractivity (Wildman–Crippen MR) is 37.2 cm³/mol. The van der Waals surface area contributed by atoms with Crippen LogP contribution in [0, 0.1) is 4.78 Å². The molecule has 0 rings (SSSR count). The molecule has 0 spiro atoms. The van der Waals surface area contributed by atoms with Crippen LogP contribution in [0.5, 0.6) is 0 Å². The van der Waals surface area contributed by atoms with E-state index in [1.54, 1.807) is 0 Å². The van der Waals surface area contributed by atoms with Gasteiger partial charge in [-0.05, 0) is 0 Å². The van der Waals surface area contributed by atoms with E-state index in [1.807, 2.05) is 0 Å². The van der Waals surface area contributed by atoms with Gasteiger partial charge in [-0.25, -0.2) is 0 Å². The van der Waals surface area contributed by atoms with Gasteiger partial charge in [0, 0.05) is 0 Å². The molecule has 1 nitrogen and oxygen atoms in total. The first kappa shape index (κ1) is 7.37. The topological polar surface area (TPSA) is 23.9 Å². The molecule has 3 heteroatoms. The Kier molecular flexibility index (Phi) is 4.77. The summed E-state index contributed by atoms with van der Waals surface area (Å²) < 4.78 is 6.92. The minimum absolute atomic E-state index is 0.482. The van der Waals surface area contributed by atoms with E-state index in [0.717, 1.165) is 12.2 Å². The van der Waals surface area contributed by atoms with Crippen molar-refractivity contribution in [1.82, 2.24) is 0 Å². The second-order valence-corrected chi connectivity index (χ2v) is 3.71. The third kappa shape index (κ3) is 6.37. The van der Waals surface area contributed by atoms with Crippen molar-refractivity contribution in [1.29, 1.82) is 4.78 Å². The molecule has 0 unspecified atom stereocenters. The van der Waals surface area contributed by atoms with Crippen LogP contribution < -0.4 is 0 Å². The van der Waals surface area contributed by atoms with Gasteiger partial charge < -0.3 is 14.0 Å². The summed E-state index contributed by atoms with van der Waals surface area (Å²) in [5.41, 5.74) is 0. The van der Waals surface area contributed by atoms with Crippen LogP contribution in [0.15, 0.2) is 0 Å². The lowest BCUT2D eigenvalue weighted by molar-refractivity contribution is 0.896. The fraction of sp³-hybridized carbons (Fsp3) is 1.00. The van der Waals surface area contributed by atoms with Crippen LogP contribution in [0.2, 0.25) is 0 Å². The Hall–Kier alpha value is 0.370. The van der Waals surface area contributed by atoms with Crippen molar-refractivity contribution in [2.24, 2.45) is 0 Å². The van der Waals surface area contributed by atoms with Gasteiger partial charge in [-0.3, -0.25) is 11.2 Å². The van der Waals surface area contributed by atoms with Gasteiger partial charge in [-0.1, -0.05) is 19.8 Å². The molecule has 0 aliphatic rings. The van der Waals surface area contributed by atoms with E-state index in [0.29, 0.717) is 0 Å². The second kappa shape index (κ2) is 4.53. The number of rotatable bonds is 3. The monoisotopic (exact) mass is 136 g/mol. The third-order valence-electron chi connectivity index (χ3n) is 0.683. The fourth-order valence-corrected chi connectivity index (χ4v) is 1.18. The summed E-state index contributed by atoms with van der Waals surface area (Å²) in [5.74, 6) is 0.909. The number of nitrogens with one attached hydrogen (secondary N) is 1. The van der Waals surface area contributed by atoms with E-state index in [1.165, 1.54) is 6.42 Å². The van der Waals surface area contributed by atoms with Crippen LogP contribution in [0.4, 0.5) is 0 Å². The van der Waals surface area contributed by atoms with E-state index >= 15 is 0 Å². The maximum absolute atomic E-state index is 6.92. The molecule has 1 N–H and O–H groups in total. The average Bonchev–Trinajstić information content (AvgIpc) is 1.61. The Morgan fingerprint density at radius 1 is 1.71 bits per heavy atom. The molecule has 0 aliphatic carbocycles. The van der Waals surface area contributed by atoms with Crippen LogP contribution in [-0.4, -0.2) is 5.75 Å². The van der Waals surface area contributed by atoms with E-state index in [9.17, 15) is 0 Å². The number of hydrogen-bond donors (Lipinski definition) is 1. The standard InChI is InChI=1S/C4H10NS2/c1-2-3-4-7(5)6/h5H,2-4H2,1H3/q-1. The molecule has 44 valence electrons. The zero-order valence-electron chi connectivity index (χ0n) is 4.44. The lowest BCUT2D eigenvalue weighted by Crippen LogP contribution is -1.80. The Balaban J connectivity index is 2.98. The van der Waals surface area contributed by atoms with Gasteiger partial charge in [-0.15, -0.1) is 5.75 Å². The van der Waals surface area contributed by atoms with Gasteiger partial charge in [0.15, 0.2) is 0 Å². The van der Waals surface area contributed by atoms with Gasteiger partial charge in [0.25, 0.3) is 0 Å². The quantitative estimate of drug-likeness (QED) is 0.586. The highest BCUT2D eigenvalue weighted by Gasteiger charge is 1.68. The molecule has 0 heterocycles. The summed E-state index contributed by atoms with van der Waals surface area (Å²) in [6, 6.07) is 0. The summed E-state index contributed by atoms with van der Waals surface area (Å²) in [6.07, 6.45) is 2.29. The lowest BCUT2D eigenvalue weighted by Gasteiger charge is -1.96. The Labute approximate surface area is 51.3 Å². The molecule has 0 bridgehead atoms. The van der Waals surface area contributed by atoms with Crippen LogP contribution in [0.3, 0.4) is 0 Å². The predicted octanol–water partition coefficient (Wildman–Crippen LogP) is 1.63. The van der Waals surface area contributed by atoms with Crippen molar-refractivity contribution >= 4 is 20.4 Å². The molecule has 0 atom stereocenters. The second-order valence-electron chi connectivity index (χ2n) is 1.40. The average molecular weight is 136 g/mol. The van der Waals surface area contributed by atoms with Crippen molar-refractivity contribution in [2.45, 2.75) is 19.8 Å². The largest absolute Gasteiger partial charge is 0.441 e. The fourth-order valence-electron chi connectivity index (χ4n) is 0.275. The molecule has 7 heavy (non-hydrogen) atoms. The van der Waals surface area contributed by atoms with Crippen LogP contribution >= 0.6 is 0 Å². The number of unbranched alkanes of at least 4 members (excludes halogenated alkanes) is 1. The van der Waals surface area contributed by atoms with Crippen molar-refractivity contribution in [3.63, 3.8) is 0 Å². The van der Waals surface area contributed by atoms with Crippen LogP contribution in [0.25, 0.3) is 0 Å². The molecular formula is C4H10NS2-. The smallest absolute Gasteiger partial charge is 0.0578 e. The Morgan fingerprint density at radius 2 is 2.29 bits per heavy atom. The molecular weight excluding hydrogens is 126 g/mol. The molecule has 0 aromatic carbocycles. The van der Waals surface area contributed by atoms with Gasteiger partial charge in [0.2, 0.25) is 0 Å². The summed E-state index contributed by atoms with van der Waals surface area (Å²) in [7, 11) is -0.482. The van der Waals surface area contributed by atoms with E-state index in [2.05, 4.69) is 18.1 Å².